The summed E-state index contributed by atoms with van der Waals surface area (Å²) in [7, 11) is 0. The lowest BCUT2D eigenvalue weighted by Crippen LogP contribution is -2.59. The molecule has 1 atom stereocenters. The first kappa shape index (κ1) is 14.3. The SMILES string of the molecule is O=C(NCC1CCOC1)C1(N2CCCC2)CCCCC1. The van der Waals surface area contributed by atoms with Crippen LogP contribution < -0.4 is 5.32 Å². The monoisotopic (exact) mass is 280 g/mol. The molecule has 2 heterocycles. The van der Waals surface area contributed by atoms with E-state index in [1.807, 2.05) is 0 Å². The highest BCUT2D eigenvalue weighted by molar-refractivity contribution is 5.86. The van der Waals surface area contributed by atoms with Gasteiger partial charge in [-0.3, -0.25) is 9.69 Å². The van der Waals surface area contributed by atoms with Gasteiger partial charge in [-0.05, 0) is 45.2 Å². The third-order valence-electron chi connectivity index (χ3n) is 5.39. The molecule has 1 N–H and O–H groups in total. The van der Waals surface area contributed by atoms with Crippen LogP contribution in [0.2, 0.25) is 0 Å². The Bertz CT molecular complexity index is 327. The van der Waals surface area contributed by atoms with E-state index < -0.39 is 0 Å². The topological polar surface area (TPSA) is 41.6 Å². The smallest absolute Gasteiger partial charge is 0.240 e. The van der Waals surface area contributed by atoms with Crippen molar-refractivity contribution in [2.45, 2.75) is 56.9 Å². The molecule has 2 aliphatic heterocycles. The van der Waals surface area contributed by atoms with E-state index in [1.54, 1.807) is 0 Å². The standard InChI is InChI=1S/C16H28N2O2/c19-15(17-12-14-6-11-20-13-14)16(7-2-1-3-8-16)18-9-4-5-10-18/h14H,1-13H2,(H,17,19). The van der Waals surface area contributed by atoms with E-state index in [2.05, 4.69) is 10.2 Å². The van der Waals surface area contributed by atoms with Crippen LogP contribution >= 0.6 is 0 Å². The Morgan fingerprint density at radius 2 is 1.90 bits per heavy atom. The van der Waals surface area contributed by atoms with Crippen LogP contribution in [0.15, 0.2) is 0 Å². The molecule has 3 rings (SSSR count). The molecule has 4 heteroatoms. The summed E-state index contributed by atoms with van der Waals surface area (Å²) in [4.78, 5) is 15.3. The number of ether oxygens (including phenoxy) is 1. The highest BCUT2D eigenvalue weighted by atomic mass is 16.5. The molecule has 1 amide bonds. The fraction of sp³-hybridized carbons (Fsp3) is 0.938. The summed E-state index contributed by atoms with van der Waals surface area (Å²) in [5.41, 5.74) is -0.186. The van der Waals surface area contributed by atoms with E-state index in [0.717, 1.165) is 52.1 Å². The summed E-state index contributed by atoms with van der Waals surface area (Å²) >= 11 is 0. The molecular formula is C16H28N2O2. The van der Waals surface area contributed by atoms with Gasteiger partial charge in [0.15, 0.2) is 0 Å². The van der Waals surface area contributed by atoms with E-state index in [0.29, 0.717) is 11.8 Å². The summed E-state index contributed by atoms with van der Waals surface area (Å²) < 4.78 is 5.40. The lowest BCUT2D eigenvalue weighted by molar-refractivity contribution is -0.135. The number of likely N-dealkylation sites (tertiary alicyclic amines) is 1. The van der Waals surface area contributed by atoms with Crippen LogP contribution in [0.25, 0.3) is 0 Å². The quantitative estimate of drug-likeness (QED) is 0.855. The maximum atomic E-state index is 12.9. The number of nitrogens with zero attached hydrogens (tertiary/aromatic N) is 1. The molecule has 3 aliphatic rings. The summed E-state index contributed by atoms with van der Waals surface area (Å²) in [5, 5.41) is 3.25. The van der Waals surface area contributed by atoms with Crippen molar-refractivity contribution in [1.82, 2.24) is 10.2 Å². The second-order valence-corrected chi connectivity index (χ2v) is 6.73. The molecule has 4 nitrogen and oxygen atoms in total. The van der Waals surface area contributed by atoms with Gasteiger partial charge in [0.2, 0.25) is 5.91 Å². The number of hydrogen-bond acceptors (Lipinski definition) is 3. The second-order valence-electron chi connectivity index (χ2n) is 6.73. The molecule has 0 radical (unpaired) electrons. The largest absolute Gasteiger partial charge is 0.381 e. The summed E-state index contributed by atoms with van der Waals surface area (Å²) in [6, 6.07) is 0. The van der Waals surface area contributed by atoms with Crippen molar-refractivity contribution in [3.05, 3.63) is 0 Å². The molecular weight excluding hydrogens is 252 g/mol. The predicted molar refractivity (Wildman–Crippen MR) is 78.6 cm³/mol. The summed E-state index contributed by atoms with van der Waals surface area (Å²) in [6.45, 7) is 4.70. The lowest BCUT2D eigenvalue weighted by Gasteiger charge is -2.43. The van der Waals surface area contributed by atoms with E-state index in [9.17, 15) is 4.79 Å². The zero-order valence-electron chi connectivity index (χ0n) is 12.5. The number of carbonyl (C=O) groups excluding carboxylic acids is 1. The second kappa shape index (κ2) is 6.44. The number of hydrogen-bond donors (Lipinski definition) is 1. The fourth-order valence-corrected chi connectivity index (χ4v) is 4.11. The zero-order valence-corrected chi connectivity index (χ0v) is 12.5. The highest BCUT2D eigenvalue weighted by Gasteiger charge is 2.45. The van der Waals surface area contributed by atoms with Crippen LogP contribution in [-0.2, 0) is 9.53 Å². The Kier molecular flexibility index (Phi) is 4.61. The summed E-state index contributed by atoms with van der Waals surface area (Å²) in [5.74, 6) is 0.823. The number of nitrogens with one attached hydrogen (secondary N) is 1. The average molecular weight is 280 g/mol. The van der Waals surface area contributed by atoms with Crippen LogP contribution in [0.5, 0.6) is 0 Å². The first-order valence-corrected chi connectivity index (χ1v) is 8.42. The van der Waals surface area contributed by atoms with E-state index in [-0.39, 0.29) is 5.54 Å². The molecule has 1 aliphatic carbocycles. The molecule has 0 aromatic carbocycles. The summed E-state index contributed by atoms with van der Waals surface area (Å²) in [6.07, 6.45) is 9.42. The highest BCUT2D eigenvalue weighted by Crippen LogP contribution is 2.36. The van der Waals surface area contributed by atoms with Gasteiger partial charge in [-0.25, -0.2) is 0 Å². The Morgan fingerprint density at radius 3 is 2.55 bits per heavy atom. The van der Waals surface area contributed by atoms with Crippen molar-refractivity contribution >= 4 is 5.91 Å². The molecule has 3 fully saturated rings. The van der Waals surface area contributed by atoms with Gasteiger partial charge in [0.1, 0.15) is 5.54 Å². The van der Waals surface area contributed by atoms with E-state index >= 15 is 0 Å². The van der Waals surface area contributed by atoms with Crippen molar-refractivity contribution in [2.75, 3.05) is 32.8 Å². The Hall–Kier alpha value is -0.610. The molecule has 0 spiro atoms. The van der Waals surface area contributed by atoms with E-state index in [4.69, 9.17) is 4.74 Å². The Balaban J connectivity index is 1.62. The molecule has 20 heavy (non-hydrogen) atoms. The van der Waals surface area contributed by atoms with Gasteiger partial charge in [0, 0.05) is 19.1 Å². The minimum absolute atomic E-state index is 0.186. The van der Waals surface area contributed by atoms with E-state index in [1.165, 1.54) is 32.1 Å². The molecule has 0 aromatic rings. The van der Waals surface area contributed by atoms with Crippen molar-refractivity contribution in [3.63, 3.8) is 0 Å². The van der Waals surface area contributed by atoms with Gasteiger partial charge >= 0.3 is 0 Å². The number of amides is 1. The van der Waals surface area contributed by atoms with Gasteiger partial charge in [0.05, 0.1) is 6.61 Å². The first-order valence-electron chi connectivity index (χ1n) is 8.42. The number of rotatable bonds is 4. The first-order chi connectivity index (χ1) is 9.81. The van der Waals surface area contributed by atoms with Crippen molar-refractivity contribution in [1.29, 1.82) is 0 Å². The van der Waals surface area contributed by atoms with Crippen LogP contribution in [0, 0.1) is 5.92 Å². The van der Waals surface area contributed by atoms with Crippen LogP contribution in [-0.4, -0.2) is 49.2 Å². The van der Waals surface area contributed by atoms with Gasteiger partial charge in [-0.15, -0.1) is 0 Å². The van der Waals surface area contributed by atoms with Crippen molar-refractivity contribution in [2.24, 2.45) is 5.92 Å². The zero-order chi connectivity index (χ0) is 13.8. The minimum atomic E-state index is -0.186. The van der Waals surface area contributed by atoms with Crippen LogP contribution in [0.4, 0.5) is 0 Å². The van der Waals surface area contributed by atoms with Gasteiger partial charge < -0.3 is 10.1 Å². The lowest BCUT2D eigenvalue weighted by atomic mass is 9.79. The minimum Gasteiger partial charge on any atom is -0.381 e. The molecule has 114 valence electrons. The molecule has 0 bridgehead atoms. The third-order valence-corrected chi connectivity index (χ3v) is 5.39. The maximum Gasteiger partial charge on any atom is 0.240 e. The van der Waals surface area contributed by atoms with Gasteiger partial charge in [-0.2, -0.15) is 0 Å². The molecule has 1 unspecified atom stereocenters. The molecule has 2 saturated heterocycles. The normalized spacial score (nSPS) is 30.5. The van der Waals surface area contributed by atoms with Gasteiger partial charge in [0.25, 0.3) is 0 Å². The van der Waals surface area contributed by atoms with Crippen molar-refractivity contribution < 1.29 is 9.53 Å². The van der Waals surface area contributed by atoms with Crippen LogP contribution in [0.3, 0.4) is 0 Å². The third kappa shape index (κ3) is 2.86. The Labute approximate surface area is 122 Å². The van der Waals surface area contributed by atoms with Gasteiger partial charge in [-0.1, -0.05) is 19.3 Å². The molecule has 0 aromatic heterocycles. The van der Waals surface area contributed by atoms with Crippen LogP contribution in [0.1, 0.15) is 51.4 Å². The maximum absolute atomic E-state index is 12.9. The number of carbonyl (C=O) groups is 1. The van der Waals surface area contributed by atoms with Crippen molar-refractivity contribution in [3.8, 4) is 0 Å². The molecule has 1 saturated carbocycles. The average Bonchev–Trinajstić information content (AvgIpc) is 3.18. The predicted octanol–water partition coefficient (Wildman–Crippen LogP) is 1.94. The fourth-order valence-electron chi connectivity index (χ4n) is 4.11. The Morgan fingerprint density at radius 1 is 1.15 bits per heavy atom.